The summed E-state index contributed by atoms with van der Waals surface area (Å²) in [5.74, 6) is 0.0359. The van der Waals surface area contributed by atoms with Crippen molar-refractivity contribution in [1.82, 2.24) is 10.6 Å². The lowest BCUT2D eigenvalue weighted by molar-refractivity contribution is -0.123. The van der Waals surface area contributed by atoms with E-state index in [2.05, 4.69) is 10.6 Å². The molecule has 1 amide bonds. The Balaban J connectivity index is 1.60. The number of nitrogens with one attached hydrogen (secondary N) is 2. The highest BCUT2D eigenvalue weighted by Crippen LogP contribution is 2.02. The van der Waals surface area contributed by atoms with Gasteiger partial charge in [-0.2, -0.15) is 0 Å². The van der Waals surface area contributed by atoms with Gasteiger partial charge < -0.3 is 20.1 Å². The molecule has 1 aromatic rings. The summed E-state index contributed by atoms with van der Waals surface area (Å²) in [6.07, 6.45) is 0.447. The first-order valence-corrected chi connectivity index (χ1v) is 7.46. The second-order valence-corrected chi connectivity index (χ2v) is 5.40. The van der Waals surface area contributed by atoms with E-state index in [4.69, 9.17) is 9.47 Å². The summed E-state index contributed by atoms with van der Waals surface area (Å²) in [6.45, 7) is 5.17. The summed E-state index contributed by atoms with van der Waals surface area (Å²) < 4.78 is 11.0. The van der Waals surface area contributed by atoms with Crippen LogP contribution in [0.1, 0.15) is 18.9 Å². The summed E-state index contributed by atoms with van der Waals surface area (Å²) >= 11 is 0. The number of carbonyl (C=O) groups excluding carboxylic acids is 1. The fraction of sp³-hybridized carbons (Fsp3) is 0.562. The molecule has 2 N–H and O–H groups in total. The summed E-state index contributed by atoms with van der Waals surface area (Å²) in [6, 6.07) is 10.1. The van der Waals surface area contributed by atoms with E-state index in [-0.39, 0.29) is 18.0 Å². The fourth-order valence-electron chi connectivity index (χ4n) is 2.28. The zero-order valence-corrected chi connectivity index (χ0v) is 12.5. The molecule has 0 bridgehead atoms. The quantitative estimate of drug-likeness (QED) is 0.790. The summed E-state index contributed by atoms with van der Waals surface area (Å²) in [5, 5.41) is 6.22. The first-order valence-electron chi connectivity index (χ1n) is 7.46. The number of morpholine rings is 1. The van der Waals surface area contributed by atoms with Crippen molar-refractivity contribution in [3.8, 4) is 0 Å². The smallest absolute Gasteiger partial charge is 0.221 e. The van der Waals surface area contributed by atoms with Crippen molar-refractivity contribution in [3.63, 3.8) is 0 Å². The molecular weight excluding hydrogens is 268 g/mol. The van der Waals surface area contributed by atoms with Crippen LogP contribution >= 0.6 is 0 Å². The van der Waals surface area contributed by atoms with Gasteiger partial charge in [-0.3, -0.25) is 4.79 Å². The van der Waals surface area contributed by atoms with Gasteiger partial charge in [-0.15, -0.1) is 0 Å². The van der Waals surface area contributed by atoms with Gasteiger partial charge in [0, 0.05) is 25.0 Å². The van der Waals surface area contributed by atoms with Gasteiger partial charge in [0.1, 0.15) is 0 Å². The van der Waals surface area contributed by atoms with Crippen LogP contribution in [-0.2, 0) is 20.9 Å². The molecule has 116 valence electrons. The van der Waals surface area contributed by atoms with Gasteiger partial charge in [0.2, 0.25) is 5.91 Å². The first kappa shape index (κ1) is 15.9. The molecule has 0 saturated carbocycles. The van der Waals surface area contributed by atoms with E-state index in [0.717, 1.165) is 18.7 Å². The van der Waals surface area contributed by atoms with Crippen LogP contribution in [0, 0.1) is 0 Å². The average Bonchev–Trinajstić information content (AvgIpc) is 2.49. The number of ether oxygens (including phenoxy) is 2. The van der Waals surface area contributed by atoms with Crippen LogP contribution in [0.2, 0.25) is 0 Å². The van der Waals surface area contributed by atoms with Crippen molar-refractivity contribution >= 4 is 5.91 Å². The molecule has 1 heterocycles. The zero-order valence-electron chi connectivity index (χ0n) is 12.5. The van der Waals surface area contributed by atoms with Crippen molar-refractivity contribution in [1.29, 1.82) is 0 Å². The molecule has 0 aromatic heterocycles. The van der Waals surface area contributed by atoms with Crippen molar-refractivity contribution in [2.24, 2.45) is 0 Å². The Kier molecular flexibility index (Phi) is 6.66. The molecule has 0 aliphatic carbocycles. The lowest BCUT2D eigenvalue weighted by Crippen LogP contribution is -2.46. The SMILES string of the molecule is CC(COCc1ccccc1)NC(=O)CC1COCCN1. The minimum absolute atomic E-state index is 0.00530. The highest BCUT2D eigenvalue weighted by molar-refractivity contribution is 5.76. The number of hydrogen-bond donors (Lipinski definition) is 2. The molecule has 1 aliphatic rings. The van der Waals surface area contributed by atoms with Gasteiger partial charge in [-0.05, 0) is 12.5 Å². The van der Waals surface area contributed by atoms with Crippen molar-refractivity contribution in [2.75, 3.05) is 26.4 Å². The standard InChI is InChI=1S/C16H24N2O3/c1-13(10-21-11-14-5-3-2-4-6-14)18-16(19)9-15-12-20-8-7-17-15/h2-6,13,15,17H,7-12H2,1H3,(H,18,19). The van der Waals surface area contributed by atoms with Crippen LogP contribution in [-0.4, -0.2) is 44.4 Å². The van der Waals surface area contributed by atoms with E-state index in [1.165, 1.54) is 0 Å². The number of amides is 1. The van der Waals surface area contributed by atoms with E-state index >= 15 is 0 Å². The largest absolute Gasteiger partial charge is 0.378 e. The molecule has 2 rings (SSSR count). The molecule has 1 saturated heterocycles. The molecule has 5 nitrogen and oxygen atoms in total. The molecule has 2 atom stereocenters. The molecule has 0 radical (unpaired) electrons. The van der Waals surface area contributed by atoms with E-state index in [9.17, 15) is 4.79 Å². The normalized spacial score (nSPS) is 20.0. The van der Waals surface area contributed by atoms with E-state index in [1.807, 2.05) is 37.3 Å². The van der Waals surface area contributed by atoms with Crippen LogP contribution in [0.25, 0.3) is 0 Å². The van der Waals surface area contributed by atoms with E-state index < -0.39 is 0 Å². The van der Waals surface area contributed by atoms with Gasteiger partial charge in [0.05, 0.1) is 26.4 Å². The summed E-state index contributed by atoms with van der Waals surface area (Å²) in [7, 11) is 0. The number of hydrogen-bond acceptors (Lipinski definition) is 4. The van der Waals surface area contributed by atoms with E-state index in [1.54, 1.807) is 0 Å². The molecule has 1 fully saturated rings. The monoisotopic (exact) mass is 292 g/mol. The van der Waals surface area contributed by atoms with Gasteiger partial charge in [-0.1, -0.05) is 30.3 Å². The maximum absolute atomic E-state index is 11.9. The molecule has 1 aromatic carbocycles. The topological polar surface area (TPSA) is 59.6 Å². The Morgan fingerprint density at radius 3 is 3.00 bits per heavy atom. The third-order valence-corrected chi connectivity index (χ3v) is 3.32. The number of benzene rings is 1. The number of rotatable bonds is 7. The summed E-state index contributed by atoms with van der Waals surface area (Å²) in [4.78, 5) is 11.9. The summed E-state index contributed by atoms with van der Waals surface area (Å²) in [5.41, 5.74) is 1.14. The lowest BCUT2D eigenvalue weighted by atomic mass is 10.2. The Labute approximate surface area is 126 Å². The second-order valence-electron chi connectivity index (χ2n) is 5.40. The van der Waals surface area contributed by atoms with Crippen LogP contribution in [0.4, 0.5) is 0 Å². The Hall–Kier alpha value is -1.43. The van der Waals surface area contributed by atoms with Crippen LogP contribution in [0.15, 0.2) is 30.3 Å². The third-order valence-electron chi connectivity index (χ3n) is 3.32. The van der Waals surface area contributed by atoms with Gasteiger partial charge in [-0.25, -0.2) is 0 Å². The Morgan fingerprint density at radius 2 is 2.29 bits per heavy atom. The Morgan fingerprint density at radius 1 is 1.48 bits per heavy atom. The molecule has 5 heteroatoms. The van der Waals surface area contributed by atoms with E-state index in [0.29, 0.717) is 26.2 Å². The fourth-order valence-corrected chi connectivity index (χ4v) is 2.28. The highest BCUT2D eigenvalue weighted by atomic mass is 16.5. The molecule has 1 aliphatic heterocycles. The van der Waals surface area contributed by atoms with Crippen molar-refractivity contribution in [3.05, 3.63) is 35.9 Å². The van der Waals surface area contributed by atoms with Gasteiger partial charge in [0.15, 0.2) is 0 Å². The van der Waals surface area contributed by atoms with Crippen molar-refractivity contribution in [2.45, 2.75) is 32.0 Å². The predicted octanol–water partition coefficient (Wildman–Crippen LogP) is 1.09. The molecule has 21 heavy (non-hydrogen) atoms. The maximum atomic E-state index is 11.9. The third kappa shape index (κ3) is 6.25. The second kappa shape index (κ2) is 8.77. The van der Waals surface area contributed by atoms with Gasteiger partial charge >= 0.3 is 0 Å². The van der Waals surface area contributed by atoms with Crippen LogP contribution < -0.4 is 10.6 Å². The minimum atomic E-state index is 0.00530. The minimum Gasteiger partial charge on any atom is -0.378 e. The van der Waals surface area contributed by atoms with Crippen LogP contribution in [0.3, 0.4) is 0 Å². The first-order chi connectivity index (χ1) is 10.2. The molecular formula is C16H24N2O3. The Bertz CT molecular complexity index is 419. The number of carbonyl (C=O) groups is 1. The zero-order chi connectivity index (χ0) is 14.9. The maximum Gasteiger partial charge on any atom is 0.221 e. The van der Waals surface area contributed by atoms with Crippen molar-refractivity contribution < 1.29 is 14.3 Å². The predicted molar refractivity (Wildman–Crippen MR) is 80.9 cm³/mol. The molecule has 2 unspecified atom stereocenters. The highest BCUT2D eigenvalue weighted by Gasteiger charge is 2.17. The lowest BCUT2D eigenvalue weighted by Gasteiger charge is -2.24. The van der Waals surface area contributed by atoms with Crippen LogP contribution in [0.5, 0.6) is 0 Å². The molecule has 0 spiro atoms. The van der Waals surface area contributed by atoms with Gasteiger partial charge in [0.25, 0.3) is 0 Å². The average molecular weight is 292 g/mol.